The van der Waals surface area contributed by atoms with Crippen molar-refractivity contribution in [1.29, 1.82) is 0 Å². The maximum Gasteiger partial charge on any atom is 0.412 e. The fraction of sp³-hybridized carbons (Fsp3) is 0.346. The van der Waals surface area contributed by atoms with E-state index in [1.54, 1.807) is 12.1 Å². The number of benzene rings is 2. The topological polar surface area (TPSA) is 96.7 Å². The number of amides is 2. The molecule has 13 heteroatoms. The quantitative estimate of drug-likeness (QED) is 0.267. The van der Waals surface area contributed by atoms with Crippen LogP contribution < -0.4 is 10.6 Å². The van der Waals surface area contributed by atoms with Crippen molar-refractivity contribution < 1.29 is 36.4 Å². The molecule has 0 spiro atoms. The first-order valence-electron chi connectivity index (χ1n) is 11.5. The Balaban J connectivity index is 0.00000533. The smallest absolute Gasteiger partial charge is 0.412 e. The Labute approximate surface area is 228 Å². The predicted octanol–water partition coefficient (Wildman–Crippen LogP) is 5.77. The number of nitrogens with one attached hydrogen (secondary N) is 2. The van der Waals surface area contributed by atoms with Crippen LogP contribution in [0.4, 0.5) is 28.2 Å². The number of alkyl halides is 2. The Morgan fingerprint density at radius 1 is 1.13 bits per heavy atom. The lowest BCUT2D eigenvalue weighted by Gasteiger charge is -2.28. The second-order valence-corrected chi connectivity index (χ2v) is 8.61. The third-order valence-corrected chi connectivity index (χ3v) is 5.94. The summed E-state index contributed by atoms with van der Waals surface area (Å²) < 4.78 is 62.6. The highest BCUT2D eigenvalue weighted by molar-refractivity contribution is 6.31. The highest BCUT2D eigenvalue weighted by Crippen LogP contribution is 2.23. The van der Waals surface area contributed by atoms with Crippen molar-refractivity contribution in [2.24, 2.45) is 0 Å². The van der Waals surface area contributed by atoms with E-state index in [0.717, 1.165) is 0 Å². The van der Waals surface area contributed by atoms with Gasteiger partial charge in [-0.3, -0.25) is 10.1 Å². The summed E-state index contributed by atoms with van der Waals surface area (Å²) >= 11 is 5.94. The number of anilines is 1. The molecule has 0 aliphatic rings. The van der Waals surface area contributed by atoms with Gasteiger partial charge in [-0.2, -0.15) is 0 Å². The second kappa shape index (κ2) is 15.1. The van der Waals surface area contributed by atoms with Crippen LogP contribution in [0.15, 0.2) is 53.1 Å². The summed E-state index contributed by atoms with van der Waals surface area (Å²) in [6.07, 6.45) is -3.44. The Kier molecular flexibility index (Phi) is 12.2. The lowest BCUT2D eigenvalue weighted by Crippen LogP contribution is -2.47. The van der Waals surface area contributed by atoms with Crippen LogP contribution in [-0.2, 0) is 16.0 Å². The van der Waals surface area contributed by atoms with E-state index in [1.165, 1.54) is 48.3 Å². The molecule has 0 aliphatic carbocycles. The fourth-order valence-electron chi connectivity index (χ4n) is 3.45. The van der Waals surface area contributed by atoms with E-state index in [9.17, 15) is 27.2 Å². The monoisotopic (exact) mass is 572 g/mol. The number of nitrogens with zero attached hydrogens (tertiary/aromatic N) is 2. The van der Waals surface area contributed by atoms with E-state index in [1.807, 2.05) is 0 Å². The van der Waals surface area contributed by atoms with Gasteiger partial charge in [-0.25, -0.2) is 22.4 Å². The molecule has 0 unspecified atom stereocenters. The molecule has 2 amide bonds. The highest BCUT2D eigenvalue weighted by atomic mass is 35.5. The van der Waals surface area contributed by atoms with Crippen LogP contribution in [-0.4, -0.2) is 61.3 Å². The summed E-state index contributed by atoms with van der Waals surface area (Å²) in [4.78, 5) is 26.3. The molecule has 0 aliphatic heterocycles. The van der Waals surface area contributed by atoms with Crippen molar-refractivity contribution in [3.8, 4) is 11.3 Å². The van der Waals surface area contributed by atoms with Crippen LogP contribution in [0.3, 0.4) is 0 Å². The summed E-state index contributed by atoms with van der Waals surface area (Å²) in [6, 6.07) is 10.4. The van der Waals surface area contributed by atoms with Crippen LogP contribution >= 0.6 is 11.6 Å². The minimum atomic E-state index is -2.62. The number of aromatic nitrogens is 1. The van der Waals surface area contributed by atoms with Gasteiger partial charge in [-0.05, 0) is 30.2 Å². The number of ether oxygens (including phenoxy) is 1. The van der Waals surface area contributed by atoms with Crippen molar-refractivity contribution in [3.63, 3.8) is 0 Å². The summed E-state index contributed by atoms with van der Waals surface area (Å²) in [5.41, 5.74) is 0.852. The van der Waals surface area contributed by atoms with Gasteiger partial charge in [-0.1, -0.05) is 48.4 Å². The number of carbonyl (C=O) groups is 2. The first kappa shape index (κ1) is 31.6. The van der Waals surface area contributed by atoms with E-state index in [-0.39, 0.29) is 50.0 Å². The minimum Gasteiger partial charge on any atom is -0.447 e. The maximum atomic E-state index is 13.7. The third-order valence-electron chi connectivity index (χ3n) is 5.52. The van der Waals surface area contributed by atoms with E-state index < -0.39 is 42.6 Å². The minimum absolute atomic E-state index is 0. The van der Waals surface area contributed by atoms with Gasteiger partial charge < -0.3 is 19.5 Å². The Morgan fingerprint density at radius 2 is 1.87 bits per heavy atom. The molecule has 8 nitrogen and oxygen atoms in total. The fourth-order valence-corrected chi connectivity index (χ4v) is 3.67. The standard InChI is InChI=1S/C25H25ClF4N4O4.CH4/c1-34(23(35)9-8-15-4-3-7-19(28)24(15)26)18(12-31-13-21(29)30)14-37-25(36)32-22-11-20(38-33-22)16-5-2-6-17(27)10-16;/h2-7,10-11,18,21,31H,8-9,12-14H2,1H3,(H,32,33,36);1H4/t18-;/m0./s1. The Morgan fingerprint density at radius 3 is 2.59 bits per heavy atom. The molecule has 0 radical (unpaired) electrons. The molecule has 1 atom stereocenters. The van der Waals surface area contributed by atoms with E-state index in [4.69, 9.17) is 20.9 Å². The average Bonchev–Trinajstić information content (AvgIpc) is 3.34. The molecule has 39 heavy (non-hydrogen) atoms. The Bertz CT molecular complexity index is 1240. The van der Waals surface area contributed by atoms with Gasteiger partial charge in [0.2, 0.25) is 5.91 Å². The molecule has 0 saturated heterocycles. The van der Waals surface area contributed by atoms with Crippen molar-refractivity contribution in [3.05, 3.63) is 70.8 Å². The molecule has 0 saturated carbocycles. The molecule has 2 aromatic carbocycles. The molecule has 212 valence electrons. The summed E-state index contributed by atoms with van der Waals surface area (Å²) in [7, 11) is 1.44. The van der Waals surface area contributed by atoms with Gasteiger partial charge in [0.25, 0.3) is 6.43 Å². The van der Waals surface area contributed by atoms with Gasteiger partial charge in [0, 0.05) is 31.6 Å². The summed E-state index contributed by atoms with van der Waals surface area (Å²) in [5.74, 6) is -1.27. The van der Waals surface area contributed by atoms with Crippen LogP contribution in [0.2, 0.25) is 5.02 Å². The molecule has 1 aromatic heterocycles. The zero-order valence-corrected chi connectivity index (χ0v) is 21.0. The largest absolute Gasteiger partial charge is 0.447 e. The molecular weight excluding hydrogens is 544 g/mol. The molecule has 0 fully saturated rings. The predicted molar refractivity (Wildman–Crippen MR) is 139 cm³/mol. The zero-order valence-electron chi connectivity index (χ0n) is 20.2. The maximum absolute atomic E-state index is 13.7. The highest BCUT2D eigenvalue weighted by Gasteiger charge is 2.23. The van der Waals surface area contributed by atoms with E-state index in [0.29, 0.717) is 11.1 Å². The number of aryl methyl sites for hydroxylation is 1. The van der Waals surface area contributed by atoms with Gasteiger partial charge in [-0.15, -0.1) is 0 Å². The van der Waals surface area contributed by atoms with Crippen LogP contribution in [0, 0.1) is 11.6 Å². The van der Waals surface area contributed by atoms with Gasteiger partial charge in [0.05, 0.1) is 17.6 Å². The molecule has 0 bridgehead atoms. The molecule has 1 heterocycles. The van der Waals surface area contributed by atoms with Crippen LogP contribution in [0.5, 0.6) is 0 Å². The average molecular weight is 573 g/mol. The second-order valence-electron chi connectivity index (χ2n) is 8.23. The van der Waals surface area contributed by atoms with Crippen molar-refractivity contribution in [2.75, 3.05) is 32.1 Å². The van der Waals surface area contributed by atoms with Crippen LogP contribution in [0.25, 0.3) is 11.3 Å². The number of hydrogen-bond acceptors (Lipinski definition) is 6. The van der Waals surface area contributed by atoms with E-state index in [2.05, 4.69) is 15.8 Å². The normalized spacial score (nSPS) is 11.6. The lowest BCUT2D eigenvalue weighted by atomic mass is 10.1. The third kappa shape index (κ3) is 9.56. The summed E-state index contributed by atoms with van der Waals surface area (Å²) in [6.45, 7) is -1.04. The number of carbonyl (C=O) groups excluding carboxylic acids is 2. The molecular formula is C26H29ClF4N4O4. The van der Waals surface area contributed by atoms with Gasteiger partial charge in [0.1, 0.15) is 18.2 Å². The number of likely N-dealkylation sites (N-methyl/N-ethyl adjacent to an activating group) is 1. The molecule has 3 aromatic rings. The first-order valence-corrected chi connectivity index (χ1v) is 11.9. The van der Waals surface area contributed by atoms with Crippen molar-refractivity contribution in [1.82, 2.24) is 15.4 Å². The number of rotatable bonds is 12. The number of hydrogen-bond donors (Lipinski definition) is 2. The lowest BCUT2D eigenvalue weighted by molar-refractivity contribution is -0.132. The molecule has 2 N–H and O–H groups in total. The Hall–Kier alpha value is -3.64. The molecule has 3 rings (SSSR count). The van der Waals surface area contributed by atoms with E-state index >= 15 is 0 Å². The SMILES string of the molecule is C.CN(C(=O)CCc1cccc(F)c1Cl)[C@@H](CNCC(F)F)COC(=O)Nc1cc(-c2cccc(F)c2)on1. The van der Waals surface area contributed by atoms with Gasteiger partial charge in [0.15, 0.2) is 11.6 Å². The van der Waals surface area contributed by atoms with Crippen molar-refractivity contribution >= 4 is 29.4 Å². The number of halogens is 5. The summed E-state index contributed by atoms with van der Waals surface area (Å²) in [5, 5.41) is 8.48. The van der Waals surface area contributed by atoms with Crippen LogP contribution in [0.1, 0.15) is 19.4 Å². The van der Waals surface area contributed by atoms with Gasteiger partial charge >= 0.3 is 6.09 Å². The van der Waals surface area contributed by atoms with Crippen molar-refractivity contribution in [2.45, 2.75) is 32.7 Å². The first-order chi connectivity index (χ1) is 18.1. The zero-order chi connectivity index (χ0) is 27.7.